The Morgan fingerprint density at radius 3 is 2.52 bits per heavy atom. The van der Waals surface area contributed by atoms with Crippen molar-refractivity contribution in [2.75, 3.05) is 24.7 Å². The predicted molar refractivity (Wildman–Crippen MR) is 106 cm³/mol. The number of nitrogens with zero attached hydrogens (tertiary/aromatic N) is 2. The third-order valence-electron chi connectivity index (χ3n) is 3.46. The van der Waals surface area contributed by atoms with Crippen molar-refractivity contribution >= 4 is 34.4 Å². The van der Waals surface area contributed by atoms with Gasteiger partial charge in [-0.2, -0.15) is 4.98 Å². The zero-order valence-electron chi connectivity index (χ0n) is 14.7. The molecule has 0 aliphatic carbocycles. The average Bonchev–Trinajstić information content (AvgIpc) is 2.55. The first kappa shape index (κ1) is 19.5. The molecule has 4 N–H and O–H groups in total. The molecule has 1 unspecified atom stereocenters. The van der Waals surface area contributed by atoms with Crippen LogP contribution in [0.3, 0.4) is 0 Å². The van der Waals surface area contributed by atoms with E-state index in [2.05, 4.69) is 51.7 Å². The molecule has 136 valence electrons. The maximum atomic E-state index is 9.30. The number of rotatable bonds is 7. The number of aliphatic hydroxyl groups is 1. The molecule has 2 rings (SSSR count). The fraction of sp³-hybridized carbons (Fsp3) is 0.412. The van der Waals surface area contributed by atoms with Crippen LogP contribution >= 0.6 is 22.6 Å². The number of hydrogen-bond donors (Lipinski definition) is 3. The second kappa shape index (κ2) is 8.52. The van der Waals surface area contributed by atoms with E-state index < -0.39 is 6.10 Å². The molecule has 0 spiro atoms. The summed E-state index contributed by atoms with van der Waals surface area (Å²) in [4.78, 5) is 8.34. The molecule has 7 nitrogen and oxygen atoms in total. The molecule has 0 fully saturated rings. The standard InChI is InChI=1S/C17H23IN4O3/c1-9(2)11-5-14(24-4)12(18)6-13(11)25-15-8-21-17(22-16(15)19)20-7-10(3)23/h5-6,8-10,23H,7H2,1-4H3,(H3,19,20,21,22). The minimum Gasteiger partial charge on any atom is -0.496 e. The van der Waals surface area contributed by atoms with Crippen LogP contribution in [0.2, 0.25) is 0 Å². The molecule has 0 radical (unpaired) electrons. The van der Waals surface area contributed by atoms with Crippen LogP contribution in [0.15, 0.2) is 18.3 Å². The highest BCUT2D eigenvalue weighted by molar-refractivity contribution is 14.1. The molecule has 2 aromatic rings. The summed E-state index contributed by atoms with van der Waals surface area (Å²) in [6.07, 6.45) is 1.02. The van der Waals surface area contributed by atoms with Gasteiger partial charge in [0.05, 0.1) is 23.0 Å². The minimum absolute atomic E-state index is 0.226. The number of aromatic nitrogens is 2. The van der Waals surface area contributed by atoms with Gasteiger partial charge in [0, 0.05) is 12.1 Å². The van der Waals surface area contributed by atoms with E-state index >= 15 is 0 Å². The molecule has 0 aliphatic heterocycles. The molecule has 1 heterocycles. The van der Waals surface area contributed by atoms with Crippen molar-refractivity contribution in [3.8, 4) is 17.2 Å². The van der Waals surface area contributed by atoms with E-state index in [0.29, 0.717) is 24.0 Å². The van der Waals surface area contributed by atoms with Crippen LogP contribution in [0.5, 0.6) is 17.2 Å². The summed E-state index contributed by atoms with van der Waals surface area (Å²) < 4.78 is 12.3. The third-order valence-corrected chi connectivity index (χ3v) is 4.31. The zero-order chi connectivity index (χ0) is 18.6. The number of halogens is 1. The number of nitrogen functional groups attached to an aromatic ring is 1. The maximum absolute atomic E-state index is 9.30. The lowest BCUT2D eigenvalue weighted by atomic mass is 10.0. The van der Waals surface area contributed by atoms with Crippen LogP contribution in [-0.2, 0) is 0 Å². The normalized spacial score (nSPS) is 12.1. The maximum Gasteiger partial charge on any atom is 0.224 e. The highest BCUT2D eigenvalue weighted by Gasteiger charge is 2.16. The Labute approximate surface area is 161 Å². The van der Waals surface area contributed by atoms with E-state index in [1.54, 1.807) is 14.0 Å². The first-order valence-electron chi connectivity index (χ1n) is 7.91. The fourth-order valence-corrected chi connectivity index (χ4v) is 2.81. The van der Waals surface area contributed by atoms with Crippen molar-refractivity contribution in [1.82, 2.24) is 9.97 Å². The van der Waals surface area contributed by atoms with Crippen LogP contribution < -0.4 is 20.5 Å². The number of methoxy groups -OCH3 is 1. The lowest BCUT2D eigenvalue weighted by Crippen LogP contribution is -2.17. The summed E-state index contributed by atoms with van der Waals surface area (Å²) in [5.41, 5.74) is 7.00. The van der Waals surface area contributed by atoms with Gasteiger partial charge in [0.2, 0.25) is 5.95 Å². The molecular weight excluding hydrogens is 435 g/mol. The Morgan fingerprint density at radius 1 is 1.24 bits per heavy atom. The van der Waals surface area contributed by atoms with Gasteiger partial charge in [0.15, 0.2) is 11.6 Å². The monoisotopic (exact) mass is 458 g/mol. The molecule has 0 saturated carbocycles. The number of aliphatic hydroxyl groups excluding tert-OH is 1. The number of nitrogens with one attached hydrogen (secondary N) is 1. The van der Waals surface area contributed by atoms with Crippen molar-refractivity contribution < 1.29 is 14.6 Å². The first-order chi connectivity index (χ1) is 11.8. The zero-order valence-corrected chi connectivity index (χ0v) is 16.9. The quantitative estimate of drug-likeness (QED) is 0.547. The van der Waals surface area contributed by atoms with Crippen molar-refractivity contribution in [2.24, 2.45) is 0 Å². The van der Waals surface area contributed by atoms with Gasteiger partial charge in [-0.15, -0.1) is 0 Å². The highest BCUT2D eigenvalue weighted by Crippen LogP contribution is 2.37. The van der Waals surface area contributed by atoms with Crippen LogP contribution in [-0.4, -0.2) is 34.8 Å². The van der Waals surface area contributed by atoms with Gasteiger partial charge in [-0.25, -0.2) is 4.98 Å². The van der Waals surface area contributed by atoms with Crippen LogP contribution in [0.1, 0.15) is 32.3 Å². The second-order valence-corrected chi connectivity index (χ2v) is 7.12. The van der Waals surface area contributed by atoms with Gasteiger partial charge >= 0.3 is 0 Å². The number of ether oxygens (including phenoxy) is 2. The molecule has 1 aromatic carbocycles. The molecule has 25 heavy (non-hydrogen) atoms. The molecule has 0 aliphatic rings. The summed E-state index contributed by atoms with van der Waals surface area (Å²) in [6.45, 7) is 6.18. The van der Waals surface area contributed by atoms with Gasteiger partial charge in [-0.1, -0.05) is 13.8 Å². The van der Waals surface area contributed by atoms with Crippen molar-refractivity contribution in [1.29, 1.82) is 0 Å². The topological polar surface area (TPSA) is 103 Å². The first-order valence-corrected chi connectivity index (χ1v) is 8.99. The number of anilines is 2. The van der Waals surface area contributed by atoms with Gasteiger partial charge in [-0.05, 0) is 47.6 Å². The largest absolute Gasteiger partial charge is 0.496 e. The summed E-state index contributed by atoms with van der Waals surface area (Å²) in [5, 5.41) is 12.2. The number of hydrogen-bond acceptors (Lipinski definition) is 7. The predicted octanol–water partition coefficient (Wildman–Crippen LogP) is 3.38. The lowest BCUT2D eigenvalue weighted by Gasteiger charge is -2.17. The van der Waals surface area contributed by atoms with Crippen molar-refractivity contribution in [2.45, 2.75) is 32.8 Å². The average molecular weight is 458 g/mol. The summed E-state index contributed by atoms with van der Waals surface area (Å²) >= 11 is 2.20. The molecule has 0 amide bonds. The van der Waals surface area contributed by atoms with Crippen LogP contribution in [0.25, 0.3) is 0 Å². The van der Waals surface area contributed by atoms with Gasteiger partial charge in [0.25, 0.3) is 0 Å². The van der Waals surface area contributed by atoms with Gasteiger partial charge in [-0.3, -0.25) is 0 Å². The lowest BCUT2D eigenvalue weighted by molar-refractivity contribution is 0.208. The van der Waals surface area contributed by atoms with E-state index in [9.17, 15) is 5.11 Å². The summed E-state index contributed by atoms with van der Waals surface area (Å²) in [5.74, 6) is 2.70. The summed E-state index contributed by atoms with van der Waals surface area (Å²) in [7, 11) is 1.65. The van der Waals surface area contributed by atoms with Crippen LogP contribution in [0.4, 0.5) is 11.8 Å². The molecular formula is C17H23IN4O3. The molecule has 1 atom stereocenters. The molecule has 1 aromatic heterocycles. The van der Waals surface area contributed by atoms with E-state index in [1.807, 2.05) is 12.1 Å². The Morgan fingerprint density at radius 2 is 1.96 bits per heavy atom. The molecule has 0 saturated heterocycles. The Bertz CT molecular complexity index is 738. The van der Waals surface area contributed by atoms with Gasteiger partial charge in [0.1, 0.15) is 11.5 Å². The van der Waals surface area contributed by atoms with Crippen molar-refractivity contribution in [3.05, 3.63) is 27.5 Å². The van der Waals surface area contributed by atoms with E-state index in [0.717, 1.165) is 14.9 Å². The smallest absolute Gasteiger partial charge is 0.224 e. The Balaban J connectivity index is 2.28. The fourth-order valence-electron chi connectivity index (χ4n) is 2.15. The number of benzene rings is 1. The number of nitrogens with two attached hydrogens (primary N) is 1. The van der Waals surface area contributed by atoms with E-state index in [-0.39, 0.29) is 11.7 Å². The second-order valence-electron chi connectivity index (χ2n) is 5.95. The van der Waals surface area contributed by atoms with Gasteiger partial charge < -0.3 is 25.6 Å². The Kier molecular flexibility index (Phi) is 6.65. The van der Waals surface area contributed by atoms with Crippen molar-refractivity contribution in [3.63, 3.8) is 0 Å². The van der Waals surface area contributed by atoms with Crippen LogP contribution in [0, 0.1) is 3.57 Å². The SMILES string of the molecule is COc1cc(C(C)C)c(Oc2cnc(NCC(C)O)nc2N)cc1I. The third kappa shape index (κ3) is 5.08. The van der Waals surface area contributed by atoms with E-state index in [4.69, 9.17) is 15.2 Å². The van der Waals surface area contributed by atoms with E-state index in [1.165, 1.54) is 6.20 Å². The molecule has 0 bridgehead atoms. The Hall–Kier alpha value is -1.81. The summed E-state index contributed by atoms with van der Waals surface area (Å²) in [6, 6.07) is 3.88. The highest BCUT2D eigenvalue weighted by atomic mass is 127. The minimum atomic E-state index is -0.504. The molecule has 8 heteroatoms.